The van der Waals surface area contributed by atoms with Crippen molar-refractivity contribution < 1.29 is 4.79 Å². The van der Waals surface area contributed by atoms with Crippen LogP contribution in [0.2, 0.25) is 0 Å². The Kier molecular flexibility index (Phi) is 8.34. The van der Waals surface area contributed by atoms with Gasteiger partial charge >= 0.3 is 0 Å². The first-order valence-corrected chi connectivity index (χ1v) is 15.4. The molecule has 1 aliphatic heterocycles. The monoisotopic (exact) mass is 581 g/mol. The number of hydrogen-bond donors (Lipinski definition) is 1. The Morgan fingerprint density at radius 1 is 0.909 bits per heavy atom. The Morgan fingerprint density at radius 3 is 2.16 bits per heavy atom. The van der Waals surface area contributed by atoms with E-state index in [0.29, 0.717) is 30.5 Å². The van der Waals surface area contributed by atoms with Crippen molar-refractivity contribution in [1.29, 1.82) is 0 Å². The van der Waals surface area contributed by atoms with Crippen LogP contribution in [-0.4, -0.2) is 40.4 Å². The molecule has 0 saturated heterocycles. The maximum absolute atomic E-state index is 11.2. The summed E-state index contributed by atoms with van der Waals surface area (Å²) in [7, 11) is 0. The molecule has 1 fully saturated rings. The molecule has 222 valence electrons. The first-order valence-electron chi connectivity index (χ1n) is 15.4. The Hall–Kier alpha value is -4.71. The number of aromatic nitrogens is 2. The highest BCUT2D eigenvalue weighted by Crippen LogP contribution is 2.35. The fourth-order valence-corrected chi connectivity index (χ4v) is 6.14. The molecule has 3 aromatic carbocycles. The minimum atomic E-state index is -0.106. The van der Waals surface area contributed by atoms with Gasteiger partial charge < -0.3 is 5.32 Å². The predicted octanol–water partition coefficient (Wildman–Crippen LogP) is 7.50. The number of carbonyl (C=O) groups excluding carboxylic acids is 1. The van der Waals surface area contributed by atoms with Gasteiger partial charge in [0.15, 0.2) is 12.1 Å². The third-order valence-corrected chi connectivity index (χ3v) is 9.00. The molecule has 1 N–H and O–H groups in total. The van der Waals surface area contributed by atoms with E-state index in [1.807, 2.05) is 37.5 Å². The molecule has 6 heteroatoms. The van der Waals surface area contributed by atoms with Gasteiger partial charge in [0.25, 0.3) is 0 Å². The Balaban J connectivity index is 1.01. The van der Waals surface area contributed by atoms with Crippen molar-refractivity contribution in [3.8, 4) is 0 Å². The second-order valence-electron chi connectivity index (χ2n) is 12.6. The summed E-state index contributed by atoms with van der Waals surface area (Å²) in [6.45, 7) is 11.0. The molecule has 0 unspecified atom stereocenters. The number of amidine groups is 1. The van der Waals surface area contributed by atoms with Gasteiger partial charge in [-0.1, -0.05) is 75.0 Å². The first-order chi connectivity index (χ1) is 21.3. The zero-order valence-electron chi connectivity index (χ0n) is 25.8. The molecular weight excluding hydrogens is 542 g/mol. The van der Waals surface area contributed by atoms with E-state index in [1.54, 1.807) is 6.08 Å². The van der Waals surface area contributed by atoms with Crippen LogP contribution in [0.1, 0.15) is 83.2 Å². The normalized spacial score (nSPS) is 17.8. The number of hydrogen-bond acceptors (Lipinski definition) is 6. The third-order valence-electron chi connectivity index (χ3n) is 9.00. The lowest BCUT2D eigenvalue weighted by atomic mass is 9.75. The fourth-order valence-electron chi connectivity index (χ4n) is 6.14. The van der Waals surface area contributed by atoms with E-state index in [0.717, 1.165) is 59.7 Å². The number of rotatable bonds is 11. The molecule has 1 aromatic heterocycles. The van der Waals surface area contributed by atoms with Gasteiger partial charge in [-0.15, -0.1) is 0 Å². The lowest BCUT2D eigenvalue weighted by molar-refractivity contribution is 0.112. The van der Waals surface area contributed by atoms with Gasteiger partial charge in [-0.25, -0.2) is 15.0 Å². The van der Waals surface area contributed by atoms with Crippen LogP contribution in [0, 0.1) is 5.92 Å². The SMILES string of the molecule is C=Cc1cc(NC2CC(Cc3ccc(C(C)(C)c4ccc(Cc5ncc(C6=NCC(C)=N6)cn5)cc4)cc3)C2)ccc1C=O. The summed E-state index contributed by atoms with van der Waals surface area (Å²) in [5.41, 5.74) is 9.55. The van der Waals surface area contributed by atoms with Crippen molar-refractivity contribution in [1.82, 2.24) is 9.97 Å². The van der Waals surface area contributed by atoms with Gasteiger partial charge in [0.05, 0.1) is 12.1 Å². The molecule has 0 radical (unpaired) electrons. The largest absolute Gasteiger partial charge is 0.382 e. The van der Waals surface area contributed by atoms with Gasteiger partial charge in [-0.05, 0) is 78.1 Å². The van der Waals surface area contributed by atoms with Gasteiger partial charge in [-0.3, -0.25) is 9.79 Å². The zero-order chi connectivity index (χ0) is 30.7. The average molecular weight is 582 g/mol. The highest BCUT2D eigenvalue weighted by atomic mass is 16.1. The van der Waals surface area contributed by atoms with Crippen LogP contribution in [0.5, 0.6) is 0 Å². The second kappa shape index (κ2) is 12.5. The van der Waals surface area contributed by atoms with E-state index in [9.17, 15) is 4.79 Å². The molecule has 44 heavy (non-hydrogen) atoms. The highest BCUT2D eigenvalue weighted by molar-refractivity contribution is 6.10. The van der Waals surface area contributed by atoms with Crippen LogP contribution in [0.25, 0.3) is 6.08 Å². The number of aliphatic imine (C=N–C) groups is 2. The van der Waals surface area contributed by atoms with E-state index >= 15 is 0 Å². The molecule has 2 heterocycles. The molecule has 1 saturated carbocycles. The van der Waals surface area contributed by atoms with E-state index in [2.05, 4.69) is 94.2 Å². The Morgan fingerprint density at radius 2 is 1.57 bits per heavy atom. The van der Waals surface area contributed by atoms with Crippen LogP contribution >= 0.6 is 0 Å². The average Bonchev–Trinajstić information content (AvgIpc) is 3.47. The maximum atomic E-state index is 11.2. The quantitative estimate of drug-likeness (QED) is 0.186. The minimum Gasteiger partial charge on any atom is -0.382 e. The summed E-state index contributed by atoms with van der Waals surface area (Å²) in [5.74, 6) is 2.20. The zero-order valence-corrected chi connectivity index (χ0v) is 25.8. The number of benzene rings is 3. The molecule has 4 aromatic rings. The van der Waals surface area contributed by atoms with Crippen molar-refractivity contribution in [2.75, 3.05) is 11.9 Å². The van der Waals surface area contributed by atoms with Gasteiger partial charge in [0.2, 0.25) is 0 Å². The summed E-state index contributed by atoms with van der Waals surface area (Å²) >= 11 is 0. The lowest BCUT2D eigenvalue weighted by Crippen LogP contribution is -2.36. The van der Waals surface area contributed by atoms with Crippen LogP contribution in [-0.2, 0) is 18.3 Å². The predicted molar refractivity (Wildman–Crippen MR) is 180 cm³/mol. The van der Waals surface area contributed by atoms with Crippen LogP contribution in [0.4, 0.5) is 5.69 Å². The van der Waals surface area contributed by atoms with E-state index in [1.165, 1.54) is 22.3 Å². The number of nitrogens with one attached hydrogen (secondary N) is 1. The molecule has 2 aliphatic rings. The van der Waals surface area contributed by atoms with E-state index < -0.39 is 0 Å². The van der Waals surface area contributed by atoms with E-state index in [-0.39, 0.29) is 5.41 Å². The first kappa shape index (κ1) is 29.4. The highest BCUT2D eigenvalue weighted by Gasteiger charge is 2.29. The molecule has 6 nitrogen and oxygen atoms in total. The summed E-state index contributed by atoms with van der Waals surface area (Å²) in [4.78, 5) is 29.2. The number of nitrogens with zero attached hydrogens (tertiary/aromatic N) is 4. The fraction of sp³-hybridized carbons (Fsp3) is 0.289. The maximum Gasteiger partial charge on any atom is 0.158 e. The van der Waals surface area contributed by atoms with Gasteiger partial charge in [-0.2, -0.15) is 0 Å². The van der Waals surface area contributed by atoms with Crippen molar-refractivity contribution in [3.63, 3.8) is 0 Å². The van der Waals surface area contributed by atoms with Crippen LogP contribution in [0.3, 0.4) is 0 Å². The lowest BCUT2D eigenvalue weighted by Gasteiger charge is -2.37. The molecule has 0 atom stereocenters. The Bertz CT molecular complexity index is 1710. The number of anilines is 1. The van der Waals surface area contributed by atoms with Crippen LogP contribution < -0.4 is 5.32 Å². The molecule has 0 spiro atoms. The molecule has 6 rings (SSSR count). The molecule has 0 amide bonds. The number of carbonyl (C=O) groups is 1. The Labute approximate surface area is 260 Å². The molecule has 1 aliphatic carbocycles. The van der Waals surface area contributed by atoms with E-state index in [4.69, 9.17) is 0 Å². The van der Waals surface area contributed by atoms with Crippen molar-refractivity contribution in [2.45, 2.75) is 57.9 Å². The summed E-state index contributed by atoms with van der Waals surface area (Å²) in [6.07, 6.45) is 10.3. The molecule has 0 bridgehead atoms. The van der Waals surface area contributed by atoms with Crippen molar-refractivity contribution in [3.05, 3.63) is 130 Å². The van der Waals surface area contributed by atoms with Crippen molar-refractivity contribution in [2.24, 2.45) is 15.9 Å². The van der Waals surface area contributed by atoms with Crippen LogP contribution in [0.15, 0.2) is 95.7 Å². The van der Waals surface area contributed by atoms with Gasteiger partial charge in [0, 0.05) is 47.2 Å². The number of aldehydes is 1. The smallest absolute Gasteiger partial charge is 0.158 e. The van der Waals surface area contributed by atoms with Crippen molar-refractivity contribution >= 4 is 29.6 Å². The summed E-state index contributed by atoms with van der Waals surface area (Å²) < 4.78 is 0. The van der Waals surface area contributed by atoms with Gasteiger partial charge in [0.1, 0.15) is 5.82 Å². The topological polar surface area (TPSA) is 79.6 Å². The third kappa shape index (κ3) is 6.45. The standard InChI is InChI=1S/C38H39N5O/c1-5-29-20-34(15-10-30(29)24-44)43-35-17-28(18-35)16-26-6-11-32(12-7-26)38(3,4)33-13-8-27(9-14-33)19-36-39-22-31(23-40-36)37-41-21-25(2)42-37/h5-15,20,22-24,28,35,43H,1,16-19,21H2,2-4H3. The molecular formula is C38H39N5O. The second-order valence-corrected chi connectivity index (χ2v) is 12.6. The minimum absolute atomic E-state index is 0.106. The summed E-state index contributed by atoms with van der Waals surface area (Å²) in [6, 6.07) is 24.3. The summed E-state index contributed by atoms with van der Waals surface area (Å²) in [5, 5.41) is 3.62.